The molecule has 1 atom stereocenters. The number of nitrogens with one attached hydrogen (secondary N) is 1. The summed E-state index contributed by atoms with van der Waals surface area (Å²) in [6.07, 6.45) is 4.60. The van der Waals surface area contributed by atoms with Crippen molar-refractivity contribution in [3.63, 3.8) is 0 Å². The van der Waals surface area contributed by atoms with E-state index in [9.17, 15) is 4.39 Å². The minimum Gasteiger partial charge on any atom is -0.339 e. The SMILES string of the molecule is CC1CCN(c2ncc(-c3cccc(F)c3)cn2)CCN1. The van der Waals surface area contributed by atoms with Gasteiger partial charge < -0.3 is 10.2 Å². The molecular weight excluding hydrogens is 267 g/mol. The van der Waals surface area contributed by atoms with Crippen molar-refractivity contribution in [3.05, 3.63) is 42.5 Å². The van der Waals surface area contributed by atoms with Gasteiger partial charge in [-0.15, -0.1) is 0 Å². The first-order valence-corrected chi connectivity index (χ1v) is 7.29. The van der Waals surface area contributed by atoms with E-state index in [0.717, 1.165) is 43.1 Å². The first-order chi connectivity index (χ1) is 10.2. The third kappa shape index (κ3) is 3.36. The van der Waals surface area contributed by atoms with Gasteiger partial charge in [-0.05, 0) is 31.0 Å². The molecule has 3 rings (SSSR count). The Morgan fingerprint density at radius 1 is 1.19 bits per heavy atom. The molecule has 0 aliphatic carbocycles. The summed E-state index contributed by atoms with van der Waals surface area (Å²) in [6.45, 7) is 4.99. The number of hydrogen-bond acceptors (Lipinski definition) is 4. The van der Waals surface area contributed by atoms with E-state index in [-0.39, 0.29) is 5.82 Å². The van der Waals surface area contributed by atoms with Crippen molar-refractivity contribution in [2.24, 2.45) is 0 Å². The summed E-state index contributed by atoms with van der Waals surface area (Å²) < 4.78 is 13.2. The van der Waals surface area contributed by atoms with Crippen molar-refractivity contribution in [2.75, 3.05) is 24.5 Å². The Labute approximate surface area is 124 Å². The molecule has 0 radical (unpaired) electrons. The molecule has 1 aromatic heterocycles. The monoisotopic (exact) mass is 286 g/mol. The molecule has 5 heteroatoms. The molecular formula is C16H19FN4. The van der Waals surface area contributed by atoms with Crippen LogP contribution in [0.25, 0.3) is 11.1 Å². The highest BCUT2D eigenvalue weighted by Gasteiger charge is 2.15. The Bertz CT molecular complexity index is 599. The largest absolute Gasteiger partial charge is 0.339 e. The molecule has 0 saturated carbocycles. The van der Waals surface area contributed by atoms with Crippen LogP contribution in [0.4, 0.5) is 10.3 Å². The van der Waals surface area contributed by atoms with E-state index in [1.807, 2.05) is 6.07 Å². The van der Waals surface area contributed by atoms with Crippen LogP contribution >= 0.6 is 0 Å². The van der Waals surface area contributed by atoms with E-state index < -0.39 is 0 Å². The van der Waals surface area contributed by atoms with Gasteiger partial charge in [-0.2, -0.15) is 0 Å². The predicted molar refractivity (Wildman–Crippen MR) is 81.7 cm³/mol. The van der Waals surface area contributed by atoms with Crippen molar-refractivity contribution in [1.82, 2.24) is 15.3 Å². The maximum Gasteiger partial charge on any atom is 0.225 e. The van der Waals surface area contributed by atoms with E-state index in [1.165, 1.54) is 12.1 Å². The summed E-state index contributed by atoms with van der Waals surface area (Å²) in [5.74, 6) is 0.496. The highest BCUT2D eigenvalue weighted by Crippen LogP contribution is 2.20. The second kappa shape index (κ2) is 6.18. The Morgan fingerprint density at radius 2 is 2.00 bits per heavy atom. The van der Waals surface area contributed by atoms with Crippen LogP contribution in [0.3, 0.4) is 0 Å². The zero-order chi connectivity index (χ0) is 14.7. The van der Waals surface area contributed by atoms with Crippen LogP contribution in [-0.4, -0.2) is 35.6 Å². The lowest BCUT2D eigenvalue weighted by Gasteiger charge is -2.19. The van der Waals surface area contributed by atoms with Crippen LogP contribution in [-0.2, 0) is 0 Å². The normalized spacial score (nSPS) is 19.3. The van der Waals surface area contributed by atoms with Gasteiger partial charge in [0.25, 0.3) is 0 Å². The number of hydrogen-bond donors (Lipinski definition) is 1. The summed E-state index contributed by atoms with van der Waals surface area (Å²) in [5, 5.41) is 3.45. The molecule has 4 nitrogen and oxygen atoms in total. The van der Waals surface area contributed by atoms with Crippen molar-refractivity contribution < 1.29 is 4.39 Å². The summed E-state index contributed by atoms with van der Waals surface area (Å²) in [6, 6.07) is 7.01. The number of aromatic nitrogens is 2. The van der Waals surface area contributed by atoms with Gasteiger partial charge in [-0.1, -0.05) is 12.1 Å². The maximum absolute atomic E-state index is 13.2. The van der Waals surface area contributed by atoms with E-state index in [0.29, 0.717) is 6.04 Å². The van der Waals surface area contributed by atoms with Gasteiger partial charge >= 0.3 is 0 Å². The van der Waals surface area contributed by atoms with Crippen molar-refractivity contribution in [1.29, 1.82) is 0 Å². The van der Waals surface area contributed by atoms with Gasteiger partial charge in [0, 0.05) is 43.6 Å². The van der Waals surface area contributed by atoms with Crippen LogP contribution in [0.5, 0.6) is 0 Å². The minimum absolute atomic E-state index is 0.246. The van der Waals surface area contributed by atoms with Crippen molar-refractivity contribution >= 4 is 5.95 Å². The predicted octanol–water partition coefficient (Wildman–Crippen LogP) is 2.47. The quantitative estimate of drug-likeness (QED) is 0.921. The summed E-state index contributed by atoms with van der Waals surface area (Å²) in [7, 11) is 0. The van der Waals surface area contributed by atoms with E-state index >= 15 is 0 Å². The summed E-state index contributed by atoms with van der Waals surface area (Å²) in [5.41, 5.74) is 1.63. The fourth-order valence-corrected chi connectivity index (χ4v) is 2.51. The number of rotatable bonds is 2. The molecule has 110 valence electrons. The van der Waals surface area contributed by atoms with Crippen LogP contribution in [0.1, 0.15) is 13.3 Å². The molecule has 1 aromatic carbocycles. The molecule has 1 aliphatic heterocycles. The first kappa shape index (κ1) is 13.9. The van der Waals surface area contributed by atoms with Crippen LogP contribution in [0.15, 0.2) is 36.7 Å². The lowest BCUT2D eigenvalue weighted by atomic mass is 10.1. The number of nitrogens with zero attached hydrogens (tertiary/aromatic N) is 3. The number of anilines is 1. The lowest BCUT2D eigenvalue weighted by molar-refractivity contribution is 0.566. The molecule has 1 N–H and O–H groups in total. The third-order valence-electron chi connectivity index (χ3n) is 3.79. The molecule has 1 unspecified atom stereocenters. The van der Waals surface area contributed by atoms with Crippen molar-refractivity contribution in [3.8, 4) is 11.1 Å². The average molecular weight is 286 g/mol. The second-order valence-electron chi connectivity index (χ2n) is 5.41. The van der Waals surface area contributed by atoms with E-state index in [4.69, 9.17) is 0 Å². The average Bonchev–Trinajstić information content (AvgIpc) is 2.72. The van der Waals surface area contributed by atoms with Crippen molar-refractivity contribution in [2.45, 2.75) is 19.4 Å². The lowest BCUT2D eigenvalue weighted by Crippen LogP contribution is -2.30. The van der Waals surface area contributed by atoms with Crippen LogP contribution in [0, 0.1) is 5.82 Å². The summed E-state index contributed by atoms with van der Waals surface area (Å²) >= 11 is 0. The van der Waals surface area contributed by atoms with Gasteiger partial charge in [0.05, 0.1) is 0 Å². The van der Waals surface area contributed by atoms with Gasteiger partial charge in [-0.3, -0.25) is 0 Å². The Balaban J connectivity index is 1.77. The number of halogens is 1. The zero-order valence-electron chi connectivity index (χ0n) is 12.1. The number of benzene rings is 1. The first-order valence-electron chi connectivity index (χ1n) is 7.29. The third-order valence-corrected chi connectivity index (χ3v) is 3.79. The highest BCUT2D eigenvalue weighted by molar-refractivity contribution is 5.62. The molecule has 1 saturated heterocycles. The minimum atomic E-state index is -0.246. The van der Waals surface area contributed by atoms with Gasteiger partial charge in [-0.25, -0.2) is 14.4 Å². The Kier molecular flexibility index (Phi) is 4.10. The molecule has 1 fully saturated rings. The molecule has 0 amide bonds. The molecule has 2 heterocycles. The smallest absolute Gasteiger partial charge is 0.225 e. The molecule has 0 bridgehead atoms. The fraction of sp³-hybridized carbons (Fsp3) is 0.375. The Hall–Kier alpha value is -2.01. The fourth-order valence-electron chi connectivity index (χ4n) is 2.51. The second-order valence-corrected chi connectivity index (χ2v) is 5.41. The van der Waals surface area contributed by atoms with E-state index in [2.05, 4.69) is 27.1 Å². The molecule has 0 spiro atoms. The van der Waals surface area contributed by atoms with Crippen LogP contribution < -0.4 is 10.2 Å². The van der Waals surface area contributed by atoms with E-state index in [1.54, 1.807) is 18.5 Å². The van der Waals surface area contributed by atoms with Gasteiger partial charge in [0.2, 0.25) is 5.95 Å². The molecule has 2 aromatic rings. The molecule has 21 heavy (non-hydrogen) atoms. The van der Waals surface area contributed by atoms with Gasteiger partial charge in [0.1, 0.15) is 5.82 Å². The zero-order valence-corrected chi connectivity index (χ0v) is 12.1. The molecule has 1 aliphatic rings. The summed E-state index contributed by atoms with van der Waals surface area (Å²) in [4.78, 5) is 11.1. The van der Waals surface area contributed by atoms with Gasteiger partial charge in [0.15, 0.2) is 0 Å². The Morgan fingerprint density at radius 3 is 2.76 bits per heavy atom. The highest BCUT2D eigenvalue weighted by atomic mass is 19.1. The topological polar surface area (TPSA) is 41.1 Å². The van der Waals surface area contributed by atoms with Crippen LogP contribution in [0.2, 0.25) is 0 Å². The maximum atomic E-state index is 13.2. The standard InChI is InChI=1S/C16H19FN4/c1-12-5-7-21(8-6-18-12)16-19-10-14(11-20-16)13-3-2-4-15(17)9-13/h2-4,9-12,18H,5-8H2,1H3.